The summed E-state index contributed by atoms with van der Waals surface area (Å²) in [5.41, 5.74) is 2.50. The SMILES string of the molecule is Cc1cccc2c1CN(C(=O)C(O)C(C)(O)C(=O)NC(C)c1ccc(-n3cccn3)cc1)C2. The maximum absolute atomic E-state index is 12.9. The first-order valence-electron chi connectivity index (χ1n) is 10.9. The van der Waals surface area contributed by atoms with Crippen LogP contribution in [0.5, 0.6) is 0 Å². The van der Waals surface area contributed by atoms with Gasteiger partial charge in [0.1, 0.15) is 0 Å². The van der Waals surface area contributed by atoms with Gasteiger partial charge in [-0.1, -0.05) is 30.3 Å². The number of aliphatic hydroxyl groups excluding tert-OH is 1. The highest BCUT2D eigenvalue weighted by Crippen LogP contribution is 2.27. The molecule has 2 heterocycles. The molecule has 172 valence electrons. The van der Waals surface area contributed by atoms with E-state index in [1.54, 1.807) is 17.8 Å². The Balaban J connectivity index is 1.40. The molecule has 3 aromatic rings. The van der Waals surface area contributed by atoms with E-state index in [9.17, 15) is 19.8 Å². The molecule has 1 aromatic heterocycles. The largest absolute Gasteiger partial charge is 0.380 e. The molecule has 8 heteroatoms. The highest BCUT2D eigenvalue weighted by Gasteiger charge is 2.45. The third kappa shape index (κ3) is 4.40. The summed E-state index contributed by atoms with van der Waals surface area (Å²) in [4.78, 5) is 27.2. The van der Waals surface area contributed by atoms with Gasteiger partial charge in [0.2, 0.25) is 0 Å². The Bertz CT molecular complexity index is 1160. The van der Waals surface area contributed by atoms with Gasteiger partial charge in [0.15, 0.2) is 11.7 Å². The lowest BCUT2D eigenvalue weighted by atomic mass is 9.95. The molecule has 3 atom stereocenters. The minimum Gasteiger partial charge on any atom is -0.380 e. The molecule has 0 aliphatic carbocycles. The maximum Gasteiger partial charge on any atom is 0.255 e. The lowest BCUT2D eigenvalue weighted by molar-refractivity contribution is -0.166. The monoisotopic (exact) mass is 448 g/mol. The Morgan fingerprint density at radius 3 is 2.48 bits per heavy atom. The molecule has 1 aliphatic heterocycles. The molecule has 2 amide bonds. The molecule has 0 radical (unpaired) electrons. The number of rotatable bonds is 6. The van der Waals surface area contributed by atoms with Crippen LogP contribution in [0.2, 0.25) is 0 Å². The zero-order chi connectivity index (χ0) is 23.8. The molecule has 3 unspecified atom stereocenters. The second kappa shape index (κ2) is 8.80. The van der Waals surface area contributed by atoms with Gasteiger partial charge in [0, 0.05) is 25.5 Å². The summed E-state index contributed by atoms with van der Waals surface area (Å²) in [5.74, 6) is -1.50. The van der Waals surface area contributed by atoms with Crippen molar-refractivity contribution >= 4 is 11.8 Å². The number of nitrogens with zero attached hydrogens (tertiary/aromatic N) is 3. The van der Waals surface area contributed by atoms with Crippen molar-refractivity contribution in [2.75, 3.05) is 0 Å². The quantitative estimate of drug-likeness (QED) is 0.535. The number of nitrogens with one attached hydrogen (secondary N) is 1. The molecular formula is C25H28N4O4. The Labute approximate surface area is 192 Å². The molecule has 0 spiro atoms. The topological polar surface area (TPSA) is 108 Å². The van der Waals surface area contributed by atoms with Crippen LogP contribution in [-0.2, 0) is 22.7 Å². The van der Waals surface area contributed by atoms with Gasteiger partial charge in [0.25, 0.3) is 11.8 Å². The van der Waals surface area contributed by atoms with Gasteiger partial charge in [0.05, 0.1) is 11.7 Å². The fourth-order valence-electron chi connectivity index (χ4n) is 4.05. The molecule has 8 nitrogen and oxygen atoms in total. The second-order valence-electron chi connectivity index (χ2n) is 8.69. The van der Waals surface area contributed by atoms with E-state index in [4.69, 9.17) is 0 Å². The predicted molar refractivity (Wildman–Crippen MR) is 122 cm³/mol. The standard InChI is InChI=1S/C25H28N4O4/c1-16-6-4-7-19-14-28(15-21(16)19)23(31)22(30)25(3,33)24(32)27-17(2)18-8-10-20(11-9-18)29-13-5-12-26-29/h4-13,17,22,30,33H,14-15H2,1-3H3,(H,27,32). The molecule has 0 saturated heterocycles. The molecule has 33 heavy (non-hydrogen) atoms. The Kier molecular flexibility index (Phi) is 6.05. The number of aromatic nitrogens is 2. The highest BCUT2D eigenvalue weighted by molar-refractivity contribution is 5.94. The van der Waals surface area contributed by atoms with E-state index < -0.39 is 29.6 Å². The normalized spacial score (nSPS) is 16.6. The van der Waals surface area contributed by atoms with Crippen LogP contribution in [0.25, 0.3) is 5.69 Å². The van der Waals surface area contributed by atoms with Crippen molar-refractivity contribution in [3.63, 3.8) is 0 Å². The van der Waals surface area contributed by atoms with Crippen molar-refractivity contribution in [2.24, 2.45) is 0 Å². The molecule has 0 saturated carbocycles. The fourth-order valence-corrected chi connectivity index (χ4v) is 4.05. The van der Waals surface area contributed by atoms with E-state index in [1.807, 2.05) is 61.7 Å². The van der Waals surface area contributed by atoms with Crippen LogP contribution in [0.15, 0.2) is 60.9 Å². The molecule has 1 aliphatic rings. The smallest absolute Gasteiger partial charge is 0.255 e. The van der Waals surface area contributed by atoms with Crippen LogP contribution in [0.3, 0.4) is 0 Å². The first kappa shape index (κ1) is 22.7. The molecule has 0 fully saturated rings. The number of carbonyl (C=O) groups excluding carboxylic acids is 2. The molecule has 2 aromatic carbocycles. The number of benzene rings is 2. The van der Waals surface area contributed by atoms with E-state index in [2.05, 4.69) is 10.4 Å². The number of amides is 2. The average Bonchev–Trinajstić information content (AvgIpc) is 3.49. The molecular weight excluding hydrogens is 420 g/mol. The average molecular weight is 449 g/mol. The second-order valence-corrected chi connectivity index (χ2v) is 8.69. The summed E-state index contributed by atoms with van der Waals surface area (Å²) in [6.45, 7) is 5.58. The van der Waals surface area contributed by atoms with Gasteiger partial charge >= 0.3 is 0 Å². The summed E-state index contributed by atoms with van der Waals surface area (Å²) >= 11 is 0. The number of aliphatic hydroxyl groups is 2. The van der Waals surface area contributed by atoms with Gasteiger partial charge in [-0.3, -0.25) is 9.59 Å². The van der Waals surface area contributed by atoms with Gasteiger partial charge in [-0.05, 0) is 61.2 Å². The van der Waals surface area contributed by atoms with E-state index in [1.165, 1.54) is 4.90 Å². The summed E-state index contributed by atoms with van der Waals surface area (Å²) in [6.07, 6.45) is 1.63. The van der Waals surface area contributed by atoms with Crippen molar-refractivity contribution < 1.29 is 19.8 Å². The number of fused-ring (bicyclic) bond motifs is 1. The summed E-state index contributed by atoms with van der Waals surface area (Å²) in [5, 5.41) is 28.3. The van der Waals surface area contributed by atoms with Crippen LogP contribution in [0.4, 0.5) is 0 Å². The van der Waals surface area contributed by atoms with E-state index in [0.29, 0.717) is 13.1 Å². The number of hydrogen-bond donors (Lipinski definition) is 3. The predicted octanol–water partition coefficient (Wildman–Crippen LogP) is 2.01. The fraction of sp³-hybridized carbons (Fsp3) is 0.320. The summed E-state index contributed by atoms with van der Waals surface area (Å²) in [7, 11) is 0. The Morgan fingerprint density at radius 2 is 1.85 bits per heavy atom. The maximum atomic E-state index is 12.9. The Hall–Kier alpha value is -3.49. The lowest BCUT2D eigenvalue weighted by Gasteiger charge is -2.31. The third-order valence-electron chi connectivity index (χ3n) is 6.26. The minimum atomic E-state index is -2.29. The van der Waals surface area contributed by atoms with Crippen molar-refractivity contribution in [3.8, 4) is 5.69 Å². The van der Waals surface area contributed by atoms with Crippen LogP contribution < -0.4 is 5.32 Å². The zero-order valence-corrected chi connectivity index (χ0v) is 18.9. The van der Waals surface area contributed by atoms with Crippen molar-refractivity contribution in [1.82, 2.24) is 20.0 Å². The molecule has 0 bridgehead atoms. The number of hydrogen-bond acceptors (Lipinski definition) is 5. The third-order valence-corrected chi connectivity index (χ3v) is 6.26. The van der Waals surface area contributed by atoms with Gasteiger partial charge in [-0.15, -0.1) is 0 Å². The van der Waals surface area contributed by atoms with Crippen LogP contribution in [-0.4, -0.2) is 48.4 Å². The lowest BCUT2D eigenvalue weighted by Crippen LogP contribution is -2.58. The summed E-state index contributed by atoms with van der Waals surface area (Å²) < 4.78 is 1.72. The van der Waals surface area contributed by atoms with Gasteiger partial charge in [-0.25, -0.2) is 4.68 Å². The number of aryl methyl sites for hydroxylation is 1. The molecule has 4 rings (SSSR count). The molecule has 3 N–H and O–H groups in total. The van der Waals surface area contributed by atoms with E-state index in [0.717, 1.165) is 34.9 Å². The van der Waals surface area contributed by atoms with Crippen molar-refractivity contribution in [3.05, 3.63) is 83.2 Å². The van der Waals surface area contributed by atoms with Gasteiger partial charge < -0.3 is 20.4 Å². The van der Waals surface area contributed by atoms with Crippen LogP contribution >= 0.6 is 0 Å². The van der Waals surface area contributed by atoms with Crippen molar-refractivity contribution in [1.29, 1.82) is 0 Å². The Morgan fingerprint density at radius 1 is 1.12 bits per heavy atom. The van der Waals surface area contributed by atoms with E-state index in [-0.39, 0.29) is 0 Å². The van der Waals surface area contributed by atoms with Crippen LogP contribution in [0, 0.1) is 6.92 Å². The first-order valence-corrected chi connectivity index (χ1v) is 10.9. The van der Waals surface area contributed by atoms with Crippen LogP contribution in [0.1, 0.15) is 42.1 Å². The van der Waals surface area contributed by atoms with Crippen molar-refractivity contribution in [2.45, 2.75) is 51.6 Å². The van der Waals surface area contributed by atoms with Gasteiger partial charge in [-0.2, -0.15) is 5.10 Å². The zero-order valence-electron chi connectivity index (χ0n) is 18.9. The minimum absolute atomic E-state index is 0.337. The first-order chi connectivity index (χ1) is 15.7. The summed E-state index contributed by atoms with van der Waals surface area (Å²) in [6, 6.07) is 14.6. The number of carbonyl (C=O) groups is 2. The highest BCUT2D eigenvalue weighted by atomic mass is 16.4. The van der Waals surface area contributed by atoms with E-state index >= 15 is 0 Å².